The lowest BCUT2D eigenvalue weighted by Crippen LogP contribution is -2.48. The summed E-state index contributed by atoms with van der Waals surface area (Å²) in [7, 11) is 0. The molecule has 0 aromatic heterocycles. The summed E-state index contributed by atoms with van der Waals surface area (Å²) in [5.41, 5.74) is -0.407. The van der Waals surface area contributed by atoms with Crippen LogP contribution in [0.3, 0.4) is 0 Å². The fourth-order valence-corrected chi connectivity index (χ4v) is 4.06. The van der Waals surface area contributed by atoms with Crippen LogP contribution < -0.4 is 5.32 Å². The van der Waals surface area contributed by atoms with Crippen molar-refractivity contribution in [2.75, 3.05) is 45.4 Å². The van der Waals surface area contributed by atoms with Crippen molar-refractivity contribution in [3.05, 3.63) is 0 Å². The van der Waals surface area contributed by atoms with Crippen molar-refractivity contribution in [3.63, 3.8) is 0 Å². The summed E-state index contributed by atoms with van der Waals surface area (Å²) in [5.74, 6) is 1.16. The highest BCUT2D eigenvalue weighted by Gasteiger charge is 2.32. The average Bonchev–Trinajstić information content (AvgIpc) is 2.72. The van der Waals surface area contributed by atoms with Crippen LogP contribution in [0, 0.1) is 11.8 Å². The summed E-state index contributed by atoms with van der Waals surface area (Å²) in [4.78, 5) is 25.4. The van der Waals surface area contributed by atoms with Crippen LogP contribution in [-0.2, 0) is 14.3 Å². The number of carboxylic acid groups (broad SMARTS) is 1. The largest absolute Gasteiger partial charge is 0.465 e. The first-order chi connectivity index (χ1) is 14.8. The molecule has 1 rings (SSSR count). The van der Waals surface area contributed by atoms with Gasteiger partial charge in [-0.2, -0.15) is 0 Å². The van der Waals surface area contributed by atoms with Crippen LogP contribution in [-0.4, -0.2) is 72.9 Å². The molecule has 2 N–H and O–H groups in total. The Morgan fingerprint density at radius 1 is 0.968 bits per heavy atom. The van der Waals surface area contributed by atoms with E-state index in [9.17, 15) is 14.7 Å². The van der Waals surface area contributed by atoms with Crippen molar-refractivity contribution >= 4 is 23.6 Å². The molecule has 31 heavy (non-hydrogen) atoms. The van der Waals surface area contributed by atoms with E-state index >= 15 is 0 Å². The molecule has 0 heterocycles. The summed E-state index contributed by atoms with van der Waals surface area (Å²) in [6.07, 6.45) is 6.95. The van der Waals surface area contributed by atoms with Crippen molar-refractivity contribution in [1.29, 1.82) is 0 Å². The van der Waals surface area contributed by atoms with E-state index in [2.05, 4.69) is 5.32 Å². The highest BCUT2D eigenvalue weighted by molar-refractivity contribution is 6.17. The van der Waals surface area contributed by atoms with Gasteiger partial charge in [0.05, 0.1) is 19.8 Å². The van der Waals surface area contributed by atoms with Crippen LogP contribution in [0.25, 0.3) is 0 Å². The van der Waals surface area contributed by atoms with E-state index in [0.29, 0.717) is 38.8 Å². The molecule has 0 aliphatic heterocycles. The number of carbonyl (C=O) groups excluding carboxylic acids is 1. The zero-order valence-electron chi connectivity index (χ0n) is 19.7. The van der Waals surface area contributed by atoms with Gasteiger partial charge in [-0.3, -0.25) is 4.79 Å². The summed E-state index contributed by atoms with van der Waals surface area (Å²) in [6, 6.07) is 0. The second-order valence-electron chi connectivity index (χ2n) is 9.40. The smallest absolute Gasteiger partial charge is 0.407 e. The number of amides is 2. The first-order valence-electron chi connectivity index (χ1n) is 11.8. The van der Waals surface area contributed by atoms with Crippen LogP contribution in [0.15, 0.2) is 0 Å². The van der Waals surface area contributed by atoms with Gasteiger partial charge in [0, 0.05) is 37.0 Å². The summed E-state index contributed by atoms with van der Waals surface area (Å²) < 4.78 is 11.0. The zero-order valence-corrected chi connectivity index (χ0v) is 20.4. The van der Waals surface area contributed by atoms with Gasteiger partial charge < -0.3 is 24.8 Å². The fourth-order valence-electron chi connectivity index (χ4n) is 3.87. The second kappa shape index (κ2) is 15.7. The number of rotatable bonds is 15. The third kappa shape index (κ3) is 12.5. The van der Waals surface area contributed by atoms with Crippen molar-refractivity contribution in [3.8, 4) is 0 Å². The first kappa shape index (κ1) is 28.0. The Morgan fingerprint density at radius 2 is 1.58 bits per heavy atom. The molecular formula is C23H43ClN2O5. The molecule has 0 radical (unpaired) electrons. The van der Waals surface area contributed by atoms with E-state index in [4.69, 9.17) is 21.1 Å². The number of hydrogen-bond donors (Lipinski definition) is 2. The van der Waals surface area contributed by atoms with Crippen LogP contribution in [0.5, 0.6) is 0 Å². The lowest BCUT2D eigenvalue weighted by molar-refractivity contribution is -0.126. The summed E-state index contributed by atoms with van der Waals surface area (Å²) >= 11 is 5.64. The highest BCUT2D eigenvalue weighted by atomic mass is 35.5. The first-order valence-corrected chi connectivity index (χ1v) is 12.3. The minimum Gasteiger partial charge on any atom is -0.465 e. The highest BCUT2D eigenvalue weighted by Crippen LogP contribution is 2.31. The Balaban J connectivity index is 2.06. The number of unbranched alkanes of at least 4 members (excludes halogenated alkanes) is 3. The molecule has 0 spiro atoms. The van der Waals surface area contributed by atoms with Gasteiger partial charge in [-0.25, -0.2) is 4.79 Å². The molecule has 0 saturated heterocycles. The average molecular weight is 463 g/mol. The monoisotopic (exact) mass is 462 g/mol. The SMILES string of the molecule is CC(C)(C)N(CC1CCC(C(=O)NCCOCCOCCCCCCCl)CC1)C(=O)O. The lowest BCUT2D eigenvalue weighted by atomic mass is 9.81. The predicted molar refractivity (Wildman–Crippen MR) is 124 cm³/mol. The maximum atomic E-state index is 12.4. The molecule has 1 aliphatic carbocycles. The molecule has 0 unspecified atom stereocenters. The number of carbonyl (C=O) groups is 2. The molecule has 1 aliphatic rings. The van der Waals surface area contributed by atoms with Gasteiger partial charge in [0.1, 0.15) is 0 Å². The van der Waals surface area contributed by atoms with E-state index in [1.807, 2.05) is 20.8 Å². The standard InChI is InChI=1S/C23H43ClN2O5/c1-23(2,3)26(22(28)29)18-19-8-10-20(11-9-19)21(27)25-13-15-31-17-16-30-14-7-5-4-6-12-24/h19-20H,4-18H2,1-3H3,(H,25,27)(H,28,29). The summed E-state index contributed by atoms with van der Waals surface area (Å²) in [6.45, 7) is 9.15. The molecular weight excluding hydrogens is 420 g/mol. The molecule has 0 bridgehead atoms. The minimum atomic E-state index is -0.875. The van der Waals surface area contributed by atoms with Gasteiger partial charge in [-0.05, 0) is 65.2 Å². The molecule has 0 aromatic carbocycles. The van der Waals surface area contributed by atoms with Crippen LogP contribution in [0.2, 0.25) is 0 Å². The fraction of sp³-hybridized carbons (Fsp3) is 0.913. The quantitative estimate of drug-likeness (QED) is 0.276. The van der Waals surface area contributed by atoms with E-state index in [-0.39, 0.29) is 11.8 Å². The van der Waals surface area contributed by atoms with Crippen molar-refractivity contribution in [1.82, 2.24) is 10.2 Å². The van der Waals surface area contributed by atoms with Crippen molar-refractivity contribution in [2.24, 2.45) is 11.8 Å². The van der Waals surface area contributed by atoms with Crippen LogP contribution >= 0.6 is 11.6 Å². The number of nitrogens with one attached hydrogen (secondary N) is 1. The van der Waals surface area contributed by atoms with Gasteiger partial charge in [0.25, 0.3) is 0 Å². The number of nitrogens with zero attached hydrogens (tertiary/aromatic N) is 1. The Morgan fingerprint density at radius 3 is 2.16 bits per heavy atom. The molecule has 182 valence electrons. The van der Waals surface area contributed by atoms with Gasteiger partial charge in [0.2, 0.25) is 5.91 Å². The molecule has 1 fully saturated rings. The number of hydrogen-bond acceptors (Lipinski definition) is 4. The maximum Gasteiger partial charge on any atom is 0.407 e. The van der Waals surface area contributed by atoms with Gasteiger partial charge in [-0.15, -0.1) is 11.6 Å². The Labute approximate surface area is 193 Å². The molecule has 7 nitrogen and oxygen atoms in total. The zero-order chi connectivity index (χ0) is 23.1. The molecule has 2 amide bonds. The Hall–Kier alpha value is -1.05. The van der Waals surface area contributed by atoms with E-state index in [0.717, 1.165) is 63.9 Å². The molecule has 0 atom stereocenters. The van der Waals surface area contributed by atoms with E-state index in [1.165, 1.54) is 4.90 Å². The lowest BCUT2D eigenvalue weighted by Gasteiger charge is -2.38. The second-order valence-corrected chi connectivity index (χ2v) is 9.78. The number of ether oxygens (including phenoxy) is 2. The minimum absolute atomic E-state index is 0.0197. The van der Waals surface area contributed by atoms with Crippen molar-refractivity contribution < 1.29 is 24.2 Å². The predicted octanol–water partition coefficient (Wildman–Crippen LogP) is 4.52. The number of halogens is 1. The Kier molecular flexibility index (Phi) is 14.2. The third-order valence-electron chi connectivity index (χ3n) is 5.79. The van der Waals surface area contributed by atoms with Gasteiger partial charge in [0.15, 0.2) is 0 Å². The molecule has 8 heteroatoms. The maximum absolute atomic E-state index is 12.4. The summed E-state index contributed by atoms with van der Waals surface area (Å²) in [5, 5.41) is 12.4. The van der Waals surface area contributed by atoms with Crippen molar-refractivity contribution in [2.45, 2.75) is 77.7 Å². The molecule has 0 aromatic rings. The van der Waals surface area contributed by atoms with E-state index < -0.39 is 11.6 Å². The third-order valence-corrected chi connectivity index (χ3v) is 6.06. The topological polar surface area (TPSA) is 88.1 Å². The van der Waals surface area contributed by atoms with Crippen LogP contribution in [0.1, 0.15) is 72.1 Å². The Bertz CT molecular complexity index is 505. The van der Waals surface area contributed by atoms with E-state index in [1.54, 1.807) is 0 Å². The number of alkyl halides is 1. The van der Waals surface area contributed by atoms with Crippen LogP contribution in [0.4, 0.5) is 4.79 Å². The molecule has 1 saturated carbocycles. The normalized spacial score (nSPS) is 19.2. The van der Waals surface area contributed by atoms with Gasteiger partial charge in [-0.1, -0.05) is 12.8 Å². The van der Waals surface area contributed by atoms with Gasteiger partial charge >= 0.3 is 6.09 Å².